The molecule has 0 aromatic rings. The number of aliphatic hydroxyl groups excluding tert-OH is 1. The minimum atomic E-state index is 0.0972. The largest absolute Gasteiger partial charge is 0.396 e. The van der Waals surface area contributed by atoms with Gasteiger partial charge in [0.2, 0.25) is 0 Å². The molecule has 0 bridgehead atoms. The summed E-state index contributed by atoms with van der Waals surface area (Å²) in [6.45, 7) is 15.0. The van der Waals surface area contributed by atoms with Gasteiger partial charge in [-0.2, -0.15) is 0 Å². The highest BCUT2D eigenvalue weighted by molar-refractivity contribution is 4.55. The Labute approximate surface area is 71.8 Å². The van der Waals surface area contributed by atoms with E-state index in [1.165, 1.54) is 0 Å². The van der Waals surface area contributed by atoms with Gasteiger partial charge in [0.05, 0.1) is 0 Å². The second kappa shape index (κ2) is 4.76. The monoisotopic (exact) mass is 160 g/mol. The first kappa shape index (κ1) is 13.5. The van der Waals surface area contributed by atoms with Crippen LogP contribution >= 0.6 is 0 Å². The van der Waals surface area contributed by atoms with Crippen molar-refractivity contribution in [3.63, 3.8) is 0 Å². The summed E-state index contributed by atoms with van der Waals surface area (Å²) in [6.07, 6.45) is 0. The van der Waals surface area contributed by atoms with Gasteiger partial charge in [-0.05, 0) is 10.8 Å². The molecule has 0 aliphatic heterocycles. The molecule has 0 rings (SSSR count). The summed E-state index contributed by atoms with van der Waals surface area (Å²) in [4.78, 5) is 0. The Bertz CT molecular complexity index is 76.0. The van der Waals surface area contributed by atoms with E-state index in [1.807, 2.05) is 20.8 Å². The zero-order valence-electron chi connectivity index (χ0n) is 9.15. The van der Waals surface area contributed by atoms with Crippen LogP contribution in [0.5, 0.6) is 0 Å². The molecule has 70 valence electrons. The summed E-state index contributed by atoms with van der Waals surface area (Å²) in [7, 11) is 0. The van der Waals surface area contributed by atoms with E-state index in [-0.39, 0.29) is 12.0 Å². The van der Waals surface area contributed by atoms with Crippen LogP contribution in [0.15, 0.2) is 0 Å². The molecule has 0 aliphatic rings. The van der Waals surface area contributed by atoms with E-state index in [1.54, 1.807) is 0 Å². The molecule has 0 saturated carbocycles. The highest BCUT2D eigenvalue weighted by Crippen LogP contribution is 2.09. The van der Waals surface area contributed by atoms with Gasteiger partial charge < -0.3 is 5.11 Å². The van der Waals surface area contributed by atoms with E-state index in [0.29, 0.717) is 5.41 Å². The molecule has 1 heteroatoms. The number of hydrogen-bond donors (Lipinski definition) is 1. The second-order valence-corrected chi connectivity index (χ2v) is 5.72. The van der Waals surface area contributed by atoms with Crippen LogP contribution in [0.4, 0.5) is 0 Å². The Morgan fingerprint density at radius 1 is 0.818 bits per heavy atom. The smallest absolute Gasteiger partial charge is 0.0479 e. The standard InChI is InChI=1S/C5H12O.C5H12/c1-5(2,3)4-6;1-5(2,3)4/h6H,4H2,1-3H3;1-4H3. The molecule has 0 fully saturated rings. The van der Waals surface area contributed by atoms with E-state index < -0.39 is 0 Å². The lowest BCUT2D eigenvalue weighted by Crippen LogP contribution is -2.09. The van der Waals surface area contributed by atoms with Crippen LogP contribution in [0.2, 0.25) is 0 Å². The van der Waals surface area contributed by atoms with Crippen molar-refractivity contribution in [2.75, 3.05) is 6.61 Å². The zero-order valence-corrected chi connectivity index (χ0v) is 9.15. The Hall–Kier alpha value is -0.0400. The molecule has 11 heavy (non-hydrogen) atoms. The SMILES string of the molecule is CC(C)(C)C.CC(C)(C)CO. The van der Waals surface area contributed by atoms with Crippen molar-refractivity contribution in [3.8, 4) is 0 Å². The van der Waals surface area contributed by atoms with Crippen molar-refractivity contribution in [2.24, 2.45) is 10.8 Å². The van der Waals surface area contributed by atoms with Crippen molar-refractivity contribution in [1.29, 1.82) is 0 Å². The molecular weight excluding hydrogens is 136 g/mol. The first-order chi connectivity index (χ1) is 4.56. The zero-order chi connectivity index (χ0) is 9.71. The summed E-state index contributed by atoms with van der Waals surface area (Å²) < 4.78 is 0. The lowest BCUT2D eigenvalue weighted by Gasteiger charge is -2.11. The van der Waals surface area contributed by atoms with Gasteiger partial charge in [0.1, 0.15) is 0 Å². The van der Waals surface area contributed by atoms with Crippen molar-refractivity contribution in [1.82, 2.24) is 0 Å². The van der Waals surface area contributed by atoms with E-state index in [9.17, 15) is 0 Å². The molecule has 0 heterocycles. The van der Waals surface area contributed by atoms with Crippen LogP contribution in [-0.2, 0) is 0 Å². The Kier molecular flexibility index (Phi) is 5.86. The first-order valence-corrected chi connectivity index (χ1v) is 4.17. The van der Waals surface area contributed by atoms with Crippen molar-refractivity contribution in [2.45, 2.75) is 48.5 Å². The third-order valence-electron chi connectivity index (χ3n) is 0.474. The van der Waals surface area contributed by atoms with Crippen LogP contribution in [0.1, 0.15) is 48.5 Å². The highest BCUT2D eigenvalue weighted by atomic mass is 16.3. The Morgan fingerprint density at radius 3 is 0.909 bits per heavy atom. The normalized spacial score (nSPS) is 12.0. The van der Waals surface area contributed by atoms with Gasteiger partial charge in [-0.1, -0.05) is 48.5 Å². The summed E-state index contributed by atoms with van der Waals surface area (Å²) in [5.74, 6) is 0. The molecule has 0 unspecified atom stereocenters. The Balaban J connectivity index is 0. The summed E-state index contributed by atoms with van der Waals surface area (Å²) in [5, 5.41) is 8.40. The molecule has 0 aliphatic carbocycles. The van der Waals surface area contributed by atoms with Crippen LogP contribution in [0.3, 0.4) is 0 Å². The van der Waals surface area contributed by atoms with Crippen LogP contribution in [0, 0.1) is 10.8 Å². The summed E-state index contributed by atoms with van der Waals surface area (Å²) >= 11 is 0. The molecule has 1 nitrogen and oxygen atoms in total. The number of hydrogen-bond acceptors (Lipinski definition) is 1. The predicted octanol–water partition coefficient (Wildman–Crippen LogP) is 3.08. The van der Waals surface area contributed by atoms with E-state index in [4.69, 9.17) is 5.11 Å². The van der Waals surface area contributed by atoms with Crippen molar-refractivity contribution < 1.29 is 5.11 Å². The third kappa shape index (κ3) is 72.0. The maximum atomic E-state index is 8.40. The number of rotatable bonds is 0. The van der Waals surface area contributed by atoms with Gasteiger partial charge in [-0.3, -0.25) is 0 Å². The maximum absolute atomic E-state index is 8.40. The molecule has 0 atom stereocenters. The lowest BCUT2D eigenvalue weighted by atomic mass is 9.99. The molecule has 0 amide bonds. The third-order valence-corrected chi connectivity index (χ3v) is 0.474. The lowest BCUT2D eigenvalue weighted by molar-refractivity contribution is 0.177. The van der Waals surface area contributed by atoms with Gasteiger partial charge in [0.15, 0.2) is 0 Å². The van der Waals surface area contributed by atoms with Crippen LogP contribution < -0.4 is 0 Å². The minimum Gasteiger partial charge on any atom is -0.396 e. The molecule has 1 N–H and O–H groups in total. The molecular formula is C10H24O. The average Bonchev–Trinajstić information content (AvgIpc) is 1.59. The molecule has 0 saturated heterocycles. The van der Waals surface area contributed by atoms with Crippen LogP contribution in [0.25, 0.3) is 0 Å². The minimum absolute atomic E-state index is 0.0972. The van der Waals surface area contributed by atoms with E-state index in [0.717, 1.165) is 0 Å². The quantitative estimate of drug-likeness (QED) is 0.577. The van der Waals surface area contributed by atoms with Crippen molar-refractivity contribution in [3.05, 3.63) is 0 Å². The maximum Gasteiger partial charge on any atom is 0.0479 e. The fraction of sp³-hybridized carbons (Fsp3) is 1.00. The highest BCUT2D eigenvalue weighted by Gasteiger charge is 2.05. The van der Waals surface area contributed by atoms with Gasteiger partial charge in [-0.15, -0.1) is 0 Å². The molecule has 0 spiro atoms. The summed E-state index contributed by atoms with van der Waals surface area (Å²) in [6, 6.07) is 0. The van der Waals surface area contributed by atoms with Gasteiger partial charge in [0.25, 0.3) is 0 Å². The van der Waals surface area contributed by atoms with E-state index >= 15 is 0 Å². The second-order valence-electron chi connectivity index (χ2n) is 5.72. The average molecular weight is 160 g/mol. The van der Waals surface area contributed by atoms with Crippen molar-refractivity contribution >= 4 is 0 Å². The first-order valence-electron chi connectivity index (χ1n) is 4.17. The van der Waals surface area contributed by atoms with Crippen LogP contribution in [-0.4, -0.2) is 11.7 Å². The summed E-state index contributed by atoms with van der Waals surface area (Å²) in [5.41, 5.74) is 0.597. The molecule has 0 aromatic heterocycles. The topological polar surface area (TPSA) is 20.2 Å². The van der Waals surface area contributed by atoms with Gasteiger partial charge >= 0.3 is 0 Å². The molecule has 0 aromatic carbocycles. The Morgan fingerprint density at radius 2 is 0.909 bits per heavy atom. The molecule has 0 radical (unpaired) electrons. The fourth-order valence-corrected chi connectivity index (χ4v) is 0. The predicted molar refractivity (Wildman–Crippen MR) is 51.7 cm³/mol. The van der Waals surface area contributed by atoms with Gasteiger partial charge in [0, 0.05) is 6.61 Å². The van der Waals surface area contributed by atoms with Gasteiger partial charge in [-0.25, -0.2) is 0 Å². The number of aliphatic hydroxyl groups is 1. The van der Waals surface area contributed by atoms with E-state index in [2.05, 4.69) is 27.7 Å². The fourth-order valence-electron chi connectivity index (χ4n) is 0.